The maximum Gasteiger partial charge on any atom is 0.259 e. The van der Waals surface area contributed by atoms with E-state index in [1.807, 2.05) is 55.5 Å². The number of hydrogen-bond acceptors (Lipinski definition) is 2. The highest BCUT2D eigenvalue weighted by atomic mass is 79.9. The maximum atomic E-state index is 12.7. The molecule has 0 aliphatic rings. The summed E-state index contributed by atoms with van der Waals surface area (Å²) in [6.07, 6.45) is 1.62. The van der Waals surface area contributed by atoms with Crippen molar-refractivity contribution in [2.75, 3.05) is 5.32 Å². The highest BCUT2D eigenvalue weighted by Gasteiger charge is 2.17. The lowest BCUT2D eigenvalue weighted by Gasteiger charge is -2.13. The normalized spacial score (nSPS) is 10.9. The van der Waals surface area contributed by atoms with Crippen LogP contribution in [0.25, 0.3) is 5.69 Å². The van der Waals surface area contributed by atoms with Crippen LogP contribution in [0.4, 0.5) is 5.69 Å². The third-order valence-corrected chi connectivity index (χ3v) is 4.69. The van der Waals surface area contributed by atoms with Crippen molar-refractivity contribution in [1.82, 2.24) is 9.78 Å². The van der Waals surface area contributed by atoms with Crippen LogP contribution in [0.1, 0.15) is 41.4 Å². The molecule has 0 radical (unpaired) electrons. The first kappa shape index (κ1) is 17.4. The molecule has 1 heterocycles. The first-order valence-electron chi connectivity index (χ1n) is 8.18. The number of rotatable bonds is 4. The number of nitrogens with one attached hydrogen (secondary N) is 1. The molecule has 1 N–H and O–H groups in total. The van der Waals surface area contributed by atoms with Gasteiger partial charge in [0.25, 0.3) is 5.91 Å². The van der Waals surface area contributed by atoms with Crippen LogP contribution < -0.4 is 5.32 Å². The van der Waals surface area contributed by atoms with Crippen LogP contribution in [0.3, 0.4) is 0 Å². The van der Waals surface area contributed by atoms with Gasteiger partial charge in [0.2, 0.25) is 0 Å². The van der Waals surface area contributed by atoms with Gasteiger partial charge in [-0.25, -0.2) is 4.68 Å². The van der Waals surface area contributed by atoms with E-state index >= 15 is 0 Å². The van der Waals surface area contributed by atoms with Crippen molar-refractivity contribution in [2.45, 2.75) is 26.7 Å². The van der Waals surface area contributed by atoms with Crippen molar-refractivity contribution in [1.29, 1.82) is 0 Å². The van der Waals surface area contributed by atoms with E-state index in [1.165, 1.54) is 0 Å². The highest BCUT2D eigenvalue weighted by Crippen LogP contribution is 2.25. The first-order valence-corrected chi connectivity index (χ1v) is 8.97. The number of amides is 1. The Hall–Kier alpha value is -2.40. The number of aromatic nitrogens is 2. The average Bonchev–Trinajstić information content (AvgIpc) is 2.97. The Kier molecular flexibility index (Phi) is 5.04. The molecule has 3 aromatic rings. The van der Waals surface area contributed by atoms with Crippen LogP contribution in [-0.2, 0) is 0 Å². The van der Waals surface area contributed by atoms with E-state index in [2.05, 4.69) is 40.2 Å². The smallest absolute Gasteiger partial charge is 0.259 e. The molecule has 0 saturated carbocycles. The summed E-state index contributed by atoms with van der Waals surface area (Å²) in [7, 11) is 0. The number of halogens is 1. The van der Waals surface area contributed by atoms with Gasteiger partial charge >= 0.3 is 0 Å². The molecule has 4 nitrogen and oxygen atoms in total. The van der Waals surface area contributed by atoms with Crippen molar-refractivity contribution in [3.8, 4) is 5.69 Å². The fraction of sp³-hybridized carbons (Fsp3) is 0.200. The molecule has 1 aromatic heterocycles. The molecule has 0 bridgehead atoms. The van der Waals surface area contributed by atoms with E-state index < -0.39 is 0 Å². The third kappa shape index (κ3) is 3.66. The van der Waals surface area contributed by atoms with Gasteiger partial charge in [-0.1, -0.05) is 48.0 Å². The van der Waals surface area contributed by atoms with Crippen LogP contribution in [0.2, 0.25) is 0 Å². The van der Waals surface area contributed by atoms with Gasteiger partial charge in [-0.15, -0.1) is 0 Å². The Bertz CT molecular complexity index is 898. The Labute approximate surface area is 156 Å². The molecule has 0 fully saturated rings. The molecule has 0 aliphatic carbocycles. The van der Waals surface area contributed by atoms with Crippen molar-refractivity contribution in [2.24, 2.45) is 0 Å². The summed E-state index contributed by atoms with van der Waals surface area (Å²) in [4.78, 5) is 12.7. The van der Waals surface area contributed by atoms with E-state index in [-0.39, 0.29) is 5.91 Å². The number of para-hydroxylation sites is 1. The summed E-state index contributed by atoms with van der Waals surface area (Å²) in [6, 6.07) is 15.7. The van der Waals surface area contributed by atoms with Crippen molar-refractivity contribution in [3.63, 3.8) is 0 Å². The molecule has 1 amide bonds. The minimum absolute atomic E-state index is 0.144. The second-order valence-electron chi connectivity index (χ2n) is 6.23. The monoisotopic (exact) mass is 397 g/mol. The van der Waals surface area contributed by atoms with Gasteiger partial charge in [-0.2, -0.15) is 5.10 Å². The molecule has 0 atom stereocenters. The zero-order chi connectivity index (χ0) is 18.0. The number of carbonyl (C=O) groups is 1. The summed E-state index contributed by atoms with van der Waals surface area (Å²) in [5.41, 5.74) is 4.26. The van der Waals surface area contributed by atoms with Crippen molar-refractivity contribution < 1.29 is 4.79 Å². The molecular weight excluding hydrogens is 378 g/mol. The minimum atomic E-state index is -0.144. The van der Waals surface area contributed by atoms with Gasteiger partial charge < -0.3 is 5.32 Å². The van der Waals surface area contributed by atoms with Crippen molar-refractivity contribution >= 4 is 27.5 Å². The molecule has 3 rings (SSSR count). The highest BCUT2D eigenvalue weighted by molar-refractivity contribution is 9.10. The van der Waals surface area contributed by atoms with Gasteiger partial charge in [0.05, 0.1) is 23.1 Å². The molecule has 25 heavy (non-hydrogen) atoms. The van der Waals surface area contributed by atoms with Gasteiger partial charge in [0.15, 0.2) is 0 Å². The van der Waals surface area contributed by atoms with Gasteiger partial charge in [-0.3, -0.25) is 4.79 Å². The second-order valence-corrected chi connectivity index (χ2v) is 7.14. The van der Waals surface area contributed by atoms with E-state index in [4.69, 9.17) is 0 Å². The third-order valence-electron chi connectivity index (χ3n) is 4.16. The molecule has 0 aliphatic heterocycles. The lowest BCUT2D eigenvalue weighted by atomic mass is 10.0. The fourth-order valence-corrected chi connectivity index (χ4v) is 3.04. The summed E-state index contributed by atoms with van der Waals surface area (Å²) in [5.74, 6) is 0.192. The standard InChI is InChI=1S/C20H20BrN3O/c1-13(2)17-6-4-5-7-19(17)23-20(25)18-12-22-24(14(18)3)16-10-8-15(21)9-11-16/h4-13H,1-3H3,(H,23,25). The molecule has 0 spiro atoms. The quantitative estimate of drug-likeness (QED) is 0.647. The average molecular weight is 398 g/mol. The molecule has 2 aromatic carbocycles. The summed E-state index contributed by atoms with van der Waals surface area (Å²) < 4.78 is 2.78. The van der Waals surface area contributed by atoms with E-state index in [0.29, 0.717) is 11.5 Å². The Morgan fingerprint density at radius 1 is 1.12 bits per heavy atom. The lowest BCUT2D eigenvalue weighted by molar-refractivity contribution is 0.102. The summed E-state index contributed by atoms with van der Waals surface area (Å²) >= 11 is 3.43. The van der Waals surface area contributed by atoms with Crippen LogP contribution in [-0.4, -0.2) is 15.7 Å². The van der Waals surface area contributed by atoms with E-state index in [9.17, 15) is 4.79 Å². The number of carbonyl (C=O) groups excluding carboxylic acids is 1. The largest absolute Gasteiger partial charge is 0.322 e. The van der Waals surface area contributed by atoms with Crippen LogP contribution in [0.15, 0.2) is 59.2 Å². The second kappa shape index (κ2) is 7.23. The van der Waals surface area contributed by atoms with E-state index in [1.54, 1.807) is 10.9 Å². The molecule has 128 valence electrons. The van der Waals surface area contributed by atoms with E-state index in [0.717, 1.165) is 27.1 Å². The Morgan fingerprint density at radius 2 is 1.80 bits per heavy atom. The number of anilines is 1. The van der Waals surface area contributed by atoms with Crippen molar-refractivity contribution in [3.05, 3.63) is 76.0 Å². The van der Waals surface area contributed by atoms with Crippen LogP contribution in [0.5, 0.6) is 0 Å². The number of hydrogen-bond donors (Lipinski definition) is 1. The van der Waals surface area contributed by atoms with Gasteiger partial charge in [-0.05, 0) is 48.7 Å². The van der Waals surface area contributed by atoms with Gasteiger partial charge in [0, 0.05) is 10.2 Å². The van der Waals surface area contributed by atoms with Crippen LogP contribution in [0, 0.1) is 6.92 Å². The Morgan fingerprint density at radius 3 is 2.48 bits per heavy atom. The molecular formula is C20H20BrN3O. The Balaban J connectivity index is 1.88. The molecule has 0 unspecified atom stereocenters. The predicted molar refractivity (Wildman–Crippen MR) is 104 cm³/mol. The summed E-state index contributed by atoms with van der Waals surface area (Å²) in [6.45, 7) is 6.13. The zero-order valence-corrected chi connectivity index (χ0v) is 16.0. The first-order chi connectivity index (χ1) is 12.0. The summed E-state index contributed by atoms with van der Waals surface area (Å²) in [5, 5.41) is 7.40. The number of nitrogens with zero attached hydrogens (tertiary/aromatic N) is 2. The topological polar surface area (TPSA) is 46.9 Å². The number of benzene rings is 2. The molecule has 0 saturated heterocycles. The SMILES string of the molecule is Cc1c(C(=O)Nc2ccccc2C(C)C)cnn1-c1ccc(Br)cc1. The van der Waals surface area contributed by atoms with Gasteiger partial charge in [0.1, 0.15) is 0 Å². The predicted octanol–water partition coefficient (Wildman–Crippen LogP) is 5.32. The lowest BCUT2D eigenvalue weighted by Crippen LogP contribution is -2.14. The van der Waals surface area contributed by atoms with Crippen LogP contribution >= 0.6 is 15.9 Å². The zero-order valence-electron chi connectivity index (χ0n) is 14.5. The fourth-order valence-electron chi connectivity index (χ4n) is 2.78. The maximum absolute atomic E-state index is 12.7. The molecule has 5 heteroatoms. The minimum Gasteiger partial charge on any atom is -0.322 e.